The zero-order valence-electron chi connectivity index (χ0n) is 9.98. The largest absolute Gasteiger partial charge is 0.464 e. The zero-order valence-corrected chi connectivity index (χ0v) is 10.7. The van der Waals surface area contributed by atoms with Gasteiger partial charge in [-0.05, 0) is 31.2 Å². The Bertz CT molecular complexity index is 590. The number of benzene rings is 1. The van der Waals surface area contributed by atoms with Gasteiger partial charge in [-0.15, -0.1) is 0 Å². The third kappa shape index (κ3) is 2.04. The Balaban J connectivity index is 2.55. The van der Waals surface area contributed by atoms with E-state index in [1.54, 1.807) is 35.8 Å². The van der Waals surface area contributed by atoms with Crippen molar-refractivity contribution in [1.82, 2.24) is 9.55 Å². The number of anilines is 1. The van der Waals surface area contributed by atoms with Crippen molar-refractivity contribution in [3.8, 4) is 5.69 Å². The summed E-state index contributed by atoms with van der Waals surface area (Å²) in [5.41, 5.74) is 6.82. The van der Waals surface area contributed by atoms with Gasteiger partial charge in [-0.1, -0.05) is 11.6 Å². The van der Waals surface area contributed by atoms with Gasteiger partial charge in [0.05, 0.1) is 7.11 Å². The van der Waals surface area contributed by atoms with E-state index in [2.05, 4.69) is 9.72 Å². The number of aromatic nitrogens is 2. The number of carbonyl (C=O) groups excluding carboxylic acids is 1. The standard InChI is InChI=1S/C12H12ClN3O2/c1-7-15-10(12(17)18-2)11(14)16(7)9-5-3-8(13)4-6-9/h3-6H,14H2,1-2H3. The highest BCUT2D eigenvalue weighted by molar-refractivity contribution is 6.30. The van der Waals surface area contributed by atoms with E-state index in [9.17, 15) is 4.79 Å². The SMILES string of the molecule is COC(=O)c1nc(C)n(-c2ccc(Cl)cc2)c1N. The lowest BCUT2D eigenvalue weighted by Gasteiger charge is -2.07. The summed E-state index contributed by atoms with van der Waals surface area (Å²) < 4.78 is 6.29. The fourth-order valence-corrected chi connectivity index (χ4v) is 1.84. The van der Waals surface area contributed by atoms with Gasteiger partial charge in [0.2, 0.25) is 0 Å². The summed E-state index contributed by atoms with van der Waals surface area (Å²) in [4.78, 5) is 15.6. The Kier molecular flexibility index (Phi) is 3.25. The van der Waals surface area contributed by atoms with Gasteiger partial charge in [-0.2, -0.15) is 0 Å². The van der Waals surface area contributed by atoms with Crippen LogP contribution in [0.4, 0.5) is 5.82 Å². The average molecular weight is 266 g/mol. The van der Waals surface area contributed by atoms with Gasteiger partial charge >= 0.3 is 5.97 Å². The number of rotatable bonds is 2. The van der Waals surface area contributed by atoms with Gasteiger partial charge in [-0.3, -0.25) is 4.57 Å². The highest BCUT2D eigenvalue weighted by atomic mass is 35.5. The highest BCUT2D eigenvalue weighted by Crippen LogP contribution is 2.22. The van der Waals surface area contributed by atoms with Gasteiger partial charge < -0.3 is 10.5 Å². The van der Waals surface area contributed by atoms with Crippen molar-refractivity contribution < 1.29 is 9.53 Å². The maximum atomic E-state index is 11.5. The van der Waals surface area contributed by atoms with Crippen LogP contribution in [0.5, 0.6) is 0 Å². The number of aryl methyl sites for hydroxylation is 1. The molecule has 1 aromatic carbocycles. The van der Waals surface area contributed by atoms with E-state index in [1.165, 1.54) is 7.11 Å². The summed E-state index contributed by atoms with van der Waals surface area (Å²) >= 11 is 5.83. The van der Waals surface area contributed by atoms with Crippen molar-refractivity contribution in [3.63, 3.8) is 0 Å². The van der Waals surface area contributed by atoms with Crippen molar-refractivity contribution in [3.05, 3.63) is 40.8 Å². The van der Waals surface area contributed by atoms with E-state index in [1.807, 2.05) is 0 Å². The molecule has 18 heavy (non-hydrogen) atoms. The zero-order chi connectivity index (χ0) is 13.3. The molecular weight excluding hydrogens is 254 g/mol. The van der Waals surface area contributed by atoms with Crippen LogP contribution in [0.1, 0.15) is 16.3 Å². The van der Waals surface area contributed by atoms with E-state index < -0.39 is 5.97 Å². The van der Waals surface area contributed by atoms with Crippen molar-refractivity contribution in [2.24, 2.45) is 0 Å². The Morgan fingerprint density at radius 3 is 2.56 bits per heavy atom. The first-order valence-electron chi connectivity index (χ1n) is 5.23. The van der Waals surface area contributed by atoms with Crippen LogP contribution in [0.2, 0.25) is 5.02 Å². The fourth-order valence-electron chi connectivity index (χ4n) is 1.71. The molecule has 0 bridgehead atoms. The van der Waals surface area contributed by atoms with E-state index in [0.29, 0.717) is 10.8 Å². The molecule has 0 amide bonds. The molecule has 0 unspecified atom stereocenters. The molecule has 0 aliphatic carbocycles. The number of nitrogens with two attached hydrogens (primary N) is 1. The van der Waals surface area contributed by atoms with Crippen molar-refractivity contribution in [2.75, 3.05) is 12.8 Å². The Hall–Kier alpha value is -2.01. The molecule has 5 nitrogen and oxygen atoms in total. The number of imidazole rings is 1. The number of ether oxygens (including phenoxy) is 1. The summed E-state index contributed by atoms with van der Waals surface area (Å²) in [6.45, 7) is 1.76. The van der Waals surface area contributed by atoms with Crippen LogP contribution in [0.15, 0.2) is 24.3 Å². The molecule has 2 aromatic rings. The molecule has 1 heterocycles. The van der Waals surface area contributed by atoms with E-state index in [-0.39, 0.29) is 11.5 Å². The average Bonchev–Trinajstić information content (AvgIpc) is 2.65. The van der Waals surface area contributed by atoms with Crippen LogP contribution >= 0.6 is 11.6 Å². The second kappa shape index (κ2) is 4.70. The number of nitrogen functional groups attached to an aromatic ring is 1. The molecule has 0 saturated carbocycles. The minimum Gasteiger partial charge on any atom is -0.464 e. The number of hydrogen-bond acceptors (Lipinski definition) is 4. The molecule has 0 fully saturated rings. The van der Waals surface area contributed by atoms with Crippen LogP contribution in [-0.4, -0.2) is 22.6 Å². The Labute approximate surface area is 109 Å². The van der Waals surface area contributed by atoms with E-state index in [0.717, 1.165) is 5.69 Å². The molecule has 0 saturated heterocycles. The van der Waals surface area contributed by atoms with Gasteiger partial charge in [0.15, 0.2) is 5.69 Å². The number of hydrogen-bond donors (Lipinski definition) is 1. The molecule has 0 spiro atoms. The molecule has 0 aliphatic rings. The molecule has 6 heteroatoms. The summed E-state index contributed by atoms with van der Waals surface area (Å²) in [5, 5.41) is 0.628. The number of methoxy groups -OCH3 is 1. The first-order valence-corrected chi connectivity index (χ1v) is 5.61. The number of carbonyl (C=O) groups is 1. The number of halogens is 1. The van der Waals surface area contributed by atoms with Crippen LogP contribution in [-0.2, 0) is 4.74 Å². The second-order valence-corrected chi connectivity index (χ2v) is 4.13. The molecule has 0 atom stereocenters. The normalized spacial score (nSPS) is 10.4. The highest BCUT2D eigenvalue weighted by Gasteiger charge is 2.19. The van der Waals surface area contributed by atoms with Crippen molar-refractivity contribution in [1.29, 1.82) is 0 Å². The monoisotopic (exact) mass is 265 g/mol. The predicted octanol–water partition coefficient (Wildman–Crippen LogP) is 2.20. The van der Waals surface area contributed by atoms with Gasteiger partial charge in [-0.25, -0.2) is 9.78 Å². The van der Waals surface area contributed by atoms with Crippen molar-refractivity contribution >= 4 is 23.4 Å². The van der Waals surface area contributed by atoms with Crippen LogP contribution in [0, 0.1) is 6.92 Å². The third-order valence-corrected chi connectivity index (χ3v) is 2.80. The quantitative estimate of drug-likeness (QED) is 0.845. The molecule has 94 valence electrons. The lowest BCUT2D eigenvalue weighted by Crippen LogP contribution is -2.07. The summed E-state index contributed by atoms with van der Waals surface area (Å²) in [6.07, 6.45) is 0. The van der Waals surface area contributed by atoms with Crippen LogP contribution in [0.25, 0.3) is 5.69 Å². The molecule has 0 aliphatic heterocycles. The molecular formula is C12H12ClN3O2. The Morgan fingerprint density at radius 1 is 1.39 bits per heavy atom. The fraction of sp³-hybridized carbons (Fsp3) is 0.167. The van der Waals surface area contributed by atoms with Gasteiger partial charge in [0.25, 0.3) is 0 Å². The van der Waals surface area contributed by atoms with Crippen LogP contribution < -0.4 is 5.73 Å². The van der Waals surface area contributed by atoms with E-state index in [4.69, 9.17) is 17.3 Å². The Morgan fingerprint density at radius 2 is 2.00 bits per heavy atom. The minimum absolute atomic E-state index is 0.116. The first-order chi connectivity index (χ1) is 8.54. The minimum atomic E-state index is -0.552. The summed E-state index contributed by atoms with van der Waals surface area (Å²) in [5.74, 6) is 0.306. The lowest BCUT2D eigenvalue weighted by molar-refractivity contribution is 0.0596. The number of esters is 1. The maximum absolute atomic E-state index is 11.5. The topological polar surface area (TPSA) is 70.1 Å². The number of nitrogens with zero attached hydrogens (tertiary/aromatic N) is 2. The maximum Gasteiger partial charge on any atom is 0.360 e. The molecule has 1 aromatic heterocycles. The second-order valence-electron chi connectivity index (χ2n) is 3.70. The smallest absolute Gasteiger partial charge is 0.360 e. The molecule has 2 N–H and O–H groups in total. The van der Waals surface area contributed by atoms with E-state index >= 15 is 0 Å². The van der Waals surface area contributed by atoms with Gasteiger partial charge in [0, 0.05) is 10.7 Å². The molecule has 0 radical (unpaired) electrons. The first kappa shape index (κ1) is 12.4. The van der Waals surface area contributed by atoms with Crippen molar-refractivity contribution in [2.45, 2.75) is 6.92 Å². The third-order valence-electron chi connectivity index (χ3n) is 2.54. The van der Waals surface area contributed by atoms with Crippen LogP contribution in [0.3, 0.4) is 0 Å². The lowest BCUT2D eigenvalue weighted by atomic mass is 10.3. The summed E-state index contributed by atoms with van der Waals surface area (Å²) in [7, 11) is 1.29. The summed E-state index contributed by atoms with van der Waals surface area (Å²) in [6, 6.07) is 7.09. The predicted molar refractivity (Wildman–Crippen MR) is 69.1 cm³/mol. The molecule has 2 rings (SSSR count). The van der Waals surface area contributed by atoms with Gasteiger partial charge in [0.1, 0.15) is 11.6 Å².